The zero-order valence-corrected chi connectivity index (χ0v) is 14.2. The molecule has 1 aliphatic carbocycles. The van der Waals surface area contributed by atoms with Crippen LogP contribution in [0.4, 0.5) is 13.9 Å². The number of nitrogens with one attached hydrogen (secondary N) is 2. The van der Waals surface area contributed by atoms with Gasteiger partial charge in [0.25, 0.3) is 11.8 Å². The maximum Gasteiger partial charge on any atom is 0.271 e. The molecule has 2 amide bonds. The molecule has 0 atom stereocenters. The van der Waals surface area contributed by atoms with Crippen molar-refractivity contribution in [3.05, 3.63) is 46.5 Å². The van der Waals surface area contributed by atoms with Gasteiger partial charge < -0.3 is 5.32 Å². The van der Waals surface area contributed by atoms with E-state index in [4.69, 9.17) is 0 Å². The van der Waals surface area contributed by atoms with Crippen molar-refractivity contribution in [1.82, 2.24) is 10.3 Å². The van der Waals surface area contributed by atoms with Crippen LogP contribution in [0.1, 0.15) is 53.0 Å². The van der Waals surface area contributed by atoms with Crippen molar-refractivity contribution in [2.75, 3.05) is 5.32 Å². The molecule has 2 N–H and O–H groups in total. The minimum atomic E-state index is -0.954. The van der Waals surface area contributed by atoms with Gasteiger partial charge >= 0.3 is 0 Å². The summed E-state index contributed by atoms with van der Waals surface area (Å²) in [4.78, 5) is 28.2. The van der Waals surface area contributed by atoms with Gasteiger partial charge in [0.15, 0.2) is 5.13 Å². The Bertz CT molecular complexity index is 768. The van der Waals surface area contributed by atoms with E-state index < -0.39 is 23.1 Å². The molecule has 0 bridgehead atoms. The van der Waals surface area contributed by atoms with E-state index in [1.807, 2.05) is 0 Å². The first-order valence-electron chi connectivity index (χ1n) is 8.06. The second kappa shape index (κ2) is 7.69. The quantitative estimate of drug-likeness (QED) is 0.867. The summed E-state index contributed by atoms with van der Waals surface area (Å²) in [5, 5.41) is 6.87. The lowest BCUT2D eigenvalue weighted by atomic mass is 9.95. The lowest BCUT2D eigenvalue weighted by Crippen LogP contribution is -2.36. The second-order valence-electron chi connectivity index (χ2n) is 5.90. The lowest BCUT2D eigenvalue weighted by Gasteiger charge is -2.22. The highest BCUT2D eigenvalue weighted by Crippen LogP contribution is 2.21. The Kier molecular flexibility index (Phi) is 5.37. The van der Waals surface area contributed by atoms with Crippen LogP contribution in [-0.2, 0) is 0 Å². The van der Waals surface area contributed by atoms with Crippen LogP contribution in [0.3, 0.4) is 0 Å². The van der Waals surface area contributed by atoms with Crippen LogP contribution < -0.4 is 10.6 Å². The number of hydrogen-bond donors (Lipinski definition) is 2. The molecule has 1 saturated carbocycles. The molecule has 0 saturated heterocycles. The molecule has 5 nitrogen and oxygen atoms in total. The fourth-order valence-electron chi connectivity index (χ4n) is 2.82. The van der Waals surface area contributed by atoms with Crippen molar-refractivity contribution >= 4 is 28.3 Å². The Balaban J connectivity index is 1.65. The van der Waals surface area contributed by atoms with Gasteiger partial charge in [0.2, 0.25) is 0 Å². The van der Waals surface area contributed by atoms with Gasteiger partial charge in [0.1, 0.15) is 22.9 Å². The average molecular weight is 365 g/mol. The highest BCUT2D eigenvalue weighted by Gasteiger charge is 2.21. The van der Waals surface area contributed by atoms with E-state index in [2.05, 4.69) is 15.6 Å². The number of amides is 2. The Labute approximate surface area is 147 Å². The predicted octanol–water partition coefficient (Wildman–Crippen LogP) is 3.74. The van der Waals surface area contributed by atoms with Crippen molar-refractivity contribution < 1.29 is 18.4 Å². The third kappa shape index (κ3) is 4.19. The first-order chi connectivity index (χ1) is 12.0. The van der Waals surface area contributed by atoms with Crippen LogP contribution in [0.15, 0.2) is 23.6 Å². The molecular formula is C17H17F2N3O2S. The molecular weight excluding hydrogens is 348 g/mol. The van der Waals surface area contributed by atoms with Crippen LogP contribution in [0.5, 0.6) is 0 Å². The molecule has 2 aromatic rings. The van der Waals surface area contributed by atoms with Gasteiger partial charge in [-0.25, -0.2) is 13.8 Å². The van der Waals surface area contributed by atoms with Crippen molar-refractivity contribution in [3.8, 4) is 0 Å². The summed E-state index contributed by atoms with van der Waals surface area (Å²) in [5.74, 6) is -3.15. The zero-order valence-electron chi connectivity index (χ0n) is 13.4. The van der Waals surface area contributed by atoms with Gasteiger partial charge in [-0.1, -0.05) is 25.3 Å². The zero-order chi connectivity index (χ0) is 17.8. The maximum absolute atomic E-state index is 13.6. The third-order valence-corrected chi connectivity index (χ3v) is 4.85. The van der Waals surface area contributed by atoms with Crippen molar-refractivity contribution in [1.29, 1.82) is 0 Å². The molecule has 1 heterocycles. The van der Waals surface area contributed by atoms with Gasteiger partial charge in [-0.15, -0.1) is 11.3 Å². The maximum atomic E-state index is 13.6. The summed E-state index contributed by atoms with van der Waals surface area (Å²) in [6, 6.07) is 3.33. The van der Waals surface area contributed by atoms with E-state index in [-0.39, 0.29) is 22.8 Å². The number of benzene rings is 1. The minimum Gasteiger partial charge on any atom is -0.348 e. The number of aromatic nitrogens is 1. The average Bonchev–Trinajstić information content (AvgIpc) is 3.04. The highest BCUT2D eigenvalue weighted by atomic mass is 32.1. The van der Waals surface area contributed by atoms with Crippen molar-refractivity contribution in [3.63, 3.8) is 0 Å². The van der Waals surface area contributed by atoms with Gasteiger partial charge in [0.05, 0.1) is 0 Å². The van der Waals surface area contributed by atoms with Crippen LogP contribution in [0.25, 0.3) is 0 Å². The third-order valence-electron chi connectivity index (χ3n) is 4.09. The molecule has 3 rings (SSSR count). The minimum absolute atomic E-state index is 0.112. The topological polar surface area (TPSA) is 71.1 Å². The number of carbonyl (C=O) groups excluding carboxylic acids is 2. The molecule has 1 aromatic heterocycles. The predicted molar refractivity (Wildman–Crippen MR) is 90.8 cm³/mol. The van der Waals surface area contributed by atoms with Crippen LogP contribution in [-0.4, -0.2) is 22.8 Å². The molecule has 132 valence electrons. The number of nitrogens with zero attached hydrogens (tertiary/aromatic N) is 1. The van der Waals surface area contributed by atoms with Gasteiger partial charge in [-0.05, 0) is 25.0 Å². The van der Waals surface area contributed by atoms with E-state index in [0.29, 0.717) is 0 Å². The summed E-state index contributed by atoms with van der Waals surface area (Å²) in [7, 11) is 0. The highest BCUT2D eigenvalue weighted by molar-refractivity contribution is 7.14. The van der Waals surface area contributed by atoms with E-state index in [9.17, 15) is 18.4 Å². The molecule has 0 aliphatic heterocycles. The van der Waals surface area contributed by atoms with E-state index in [1.54, 1.807) is 0 Å². The van der Waals surface area contributed by atoms with Crippen LogP contribution in [0, 0.1) is 11.6 Å². The largest absolute Gasteiger partial charge is 0.348 e. The number of anilines is 1. The number of thiazole rings is 1. The Morgan fingerprint density at radius 3 is 2.44 bits per heavy atom. The molecule has 25 heavy (non-hydrogen) atoms. The summed E-state index contributed by atoms with van der Waals surface area (Å²) in [5.41, 5.74) is -0.495. The molecule has 1 aliphatic rings. The van der Waals surface area contributed by atoms with Crippen molar-refractivity contribution in [2.24, 2.45) is 0 Å². The molecule has 8 heteroatoms. The fourth-order valence-corrected chi connectivity index (χ4v) is 3.50. The van der Waals surface area contributed by atoms with Gasteiger partial charge in [-0.3, -0.25) is 14.9 Å². The summed E-state index contributed by atoms with van der Waals surface area (Å²) >= 11 is 1.03. The normalized spacial score (nSPS) is 15.0. The number of hydrogen-bond acceptors (Lipinski definition) is 4. The number of rotatable bonds is 4. The SMILES string of the molecule is O=C(NC1CCCCC1)c1csc(NC(=O)c2c(F)cccc2F)n1. The number of halogens is 2. The van der Waals surface area contributed by atoms with Gasteiger partial charge in [0, 0.05) is 11.4 Å². The smallest absolute Gasteiger partial charge is 0.271 e. The number of carbonyl (C=O) groups is 2. The molecule has 0 unspecified atom stereocenters. The summed E-state index contributed by atoms with van der Waals surface area (Å²) < 4.78 is 27.2. The van der Waals surface area contributed by atoms with Crippen LogP contribution >= 0.6 is 11.3 Å². The lowest BCUT2D eigenvalue weighted by molar-refractivity contribution is 0.0922. The molecule has 1 fully saturated rings. The van der Waals surface area contributed by atoms with E-state index in [0.717, 1.165) is 49.2 Å². The Morgan fingerprint density at radius 2 is 1.76 bits per heavy atom. The van der Waals surface area contributed by atoms with Gasteiger partial charge in [-0.2, -0.15) is 0 Å². The first-order valence-corrected chi connectivity index (χ1v) is 8.94. The molecule has 0 spiro atoms. The van der Waals surface area contributed by atoms with E-state index >= 15 is 0 Å². The Hall–Kier alpha value is -2.35. The first kappa shape index (κ1) is 17.5. The van der Waals surface area contributed by atoms with Crippen LogP contribution in [0.2, 0.25) is 0 Å². The monoisotopic (exact) mass is 365 g/mol. The second-order valence-corrected chi connectivity index (χ2v) is 6.76. The Morgan fingerprint density at radius 1 is 1.08 bits per heavy atom. The van der Waals surface area contributed by atoms with Crippen molar-refractivity contribution in [2.45, 2.75) is 38.1 Å². The fraction of sp³-hybridized carbons (Fsp3) is 0.353. The van der Waals surface area contributed by atoms with E-state index in [1.165, 1.54) is 17.9 Å². The standard InChI is InChI=1S/C17H17F2N3O2S/c18-11-7-4-8-12(19)14(11)16(24)22-17-21-13(9-25-17)15(23)20-10-5-2-1-3-6-10/h4,7-10H,1-3,5-6H2,(H,20,23)(H,21,22,24). The molecule has 0 radical (unpaired) electrons. The molecule has 1 aromatic carbocycles. The summed E-state index contributed by atoms with van der Waals surface area (Å²) in [6.07, 6.45) is 5.28. The summed E-state index contributed by atoms with van der Waals surface area (Å²) in [6.45, 7) is 0.